The molecule has 26 heavy (non-hydrogen) atoms. The van der Waals surface area contributed by atoms with Crippen LogP contribution < -0.4 is 10.6 Å². The van der Waals surface area contributed by atoms with Crippen molar-refractivity contribution in [1.82, 2.24) is 10.6 Å². The van der Waals surface area contributed by atoms with Gasteiger partial charge in [-0.2, -0.15) is 0 Å². The van der Waals surface area contributed by atoms with Crippen LogP contribution in [-0.2, 0) is 22.1 Å². The Bertz CT molecular complexity index is 710. The van der Waals surface area contributed by atoms with Crippen molar-refractivity contribution in [3.8, 4) is 0 Å². The molecule has 0 aliphatic carbocycles. The lowest BCUT2D eigenvalue weighted by Gasteiger charge is -2.18. The molecule has 0 amide bonds. The van der Waals surface area contributed by atoms with E-state index in [9.17, 15) is 12.8 Å². The fraction of sp³-hybridized carbons (Fsp3) is 0.632. The van der Waals surface area contributed by atoms with E-state index in [0.29, 0.717) is 29.0 Å². The summed E-state index contributed by atoms with van der Waals surface area (Å²) in [6.45, 7) is 10.3. The molecule has 0 bridgehead atoms. The van der Waals surface area contributed by atoms with Crippen LogP contribution in [0.15, 0.2) is 23.2 Å². The molecule has 0 radical (unpaired) electrons. The summed E-state index contributed by atoms with van der Waals surface area (Å²) in [5, 5.41) is 6.43. The van der Waals surface area contributed by atoms with Gasteiger partial charge in [-0.25, -0.2) is 17.8 Å². The number of halogens is 1. The minimum Gasteiger partial charge on any atom is -0.357 e. The number of benzene rings is 1. The van der Waals surface area contributed by atoms with Crippen molar-refractivity contribution in [2.24, 2.45) is 10.4 Å². The van der Waals surface area contributed by atoms with E-state index in [1.165, 1.54) is 24.5 Å². The first-order valence-electron chi connectivity index (χ1n) is 8.97. The van der Waals surface area contributed by atoms with Crippen LogP contribution in [0, 0.1) is 11.2 Å². The van der Waals surface area contributed by atoms with Crippen molar-refractivity contribution in [2.45, 2.75) is 52.8 Å². The third kappa shape index (κ3) is 9.75. The van der Waals surface area contributed by atoms with Gasteiger partial charge in [0.1, 0.15) is 5.82 Å². The highest BCUT2D eigenvalue weighted by atomic mass is 32.2. The number of nitrogens with zero attached hydrogens (tertiary/aromatic N) is 1. The lowest BCUT2D eigenvalue weighted by molar-refractivity contribution is 0.365. The highest BCUT2D eigenvalue weighted by Gasteiger charge is 2.11. The quantitative estimate of drug-likeness (QED) is 0.409. The number of guanidine groups is 1. The molecule has 0 saturated heterocycles. The second-order valence-corrected chi connectivity index (χ2v) is 9.91. The smallest absolute Gasteiger partial charge is 0.191 e. The molecule has 0 aromatic heterocycles. The second-order valence-electron chi connectivity index (χ2n) is 7.77. The number of hydrogen-bond donors (Lipinski definition) is 2. The molecule has 2 N–H and O–H groups in total. The van der Waals surface area contributed by atoms with Crippen molar-refractivity contribution in [2.75, 3.05) is 19.3 Å². The average Bonchev–Trinajstić information content (AvgIpc) is 2.49. The Morgan fingerprint density at radius 1 is 1.19 bits per heavy atom. The predicted molar refractivity (Wildman–Crippen MR) is 106 cm³/mol. The normalized spacial score (nSPS) is 12.9. The van der Waals surface area contributed by atoms with Gasteiger partial charge < -0.3 is 10.6 Å². The van der Waals surface area contributed by atoms with E-state index < -0.39 is 15.7 Å². The fourth-order valence-corrected chi connectivity index (χ4v) is 3.34. The number of rotatable bonds is 8. The number of sulfone groups is 1. The number of nitrogens with one attached hydrogen (secondary N) is 2. The molecule has 1 rings (SSSR count). The summed E-state index contributed by atoms with van der Waals surface area (Å²) in [5.41, 5.74) is 1.46. The summed E-state index contributed by atoms with van der Waals surface area (Å²) in [5.74, 6) is 0.139. The van der Waals surface area contributed by atoms with E-state index in [0.717, 1.165) is 19.4 Å². The zero-order valence-electron chi connectivity index (χ0n) is 16.5. The van der Waals surface area contributed by atoms with E-state index >= 15 is 0 Å². The fourth-order valence-electron chi connectivity index (χ4n) is 2.50. The molecule has 1 aromatic rings. The lowest BCUT2D eigenvalue weighted by atomic mass is 9.91. The van der Waals surface area contributed by atoms with Gasteiger partial charge in [0.15, 0.2) is 15.8 Å². The molecule has 0 aliphatic heterocycles. The molecule has 0 atom stereocenters. The minimum atomic E-state index is -3.20. The summed E-state index contributed by atoms with van der Waals surface area (Å²) in [7, 11) is -3.20. The van der Waals surface area contributed by atoms with E-state index in [1.54, 1.807) is 0 Å². The van der Waals surface area contributed by atoms with Crippen molar-refractivity contribution < 1.29 is 12.8 Å². The standard InChI is InChI=1S/C19H32FN3O2S/c1-6-21-18(22-11-7-10-19(2,3)4)23-13-16-12-17(20)9-8-15(16)14-26(5,24)25/h8-9,12H,6-7,10-11,13-14H2,1-5H3,(H2,21,22,23). The molecular formula is C19H32FN3O2S. The van der Waals surface area contributed by atoms with Crippen LogP contribution in [0.3, 0.4) is 0 Å². The summed E-state index contributed by atoms with van der Waals surface area (Å²) >= 11 is 0. The summed E-state index contributed by atoms with van der Waals surface area (Å²) in [6.07, 6.45) is 3.29. The maximum absolute atomic E-state index is 13.6. The van der Waals surface area contributed by atoms with E-state index in [-0.39, 0.29) is 12.3 Å². The summed E-state index contributed by atoms with van der Waals surface area (Å²) in [6, 6.07) is 4.15. The van der Waals surface area contributed by atoms with Gasteiger partial charge >= 0.3 is 0 Å². The van der Waals surface area contributed by atoms with Gasteiger partial charge in [-0.1, -0.05) is 26.8 Å². The van der Waals surface area contributed by atoms with Gasteiger partial charge in [0.05, 0.1) is 12.3 Å². The third-order valence-electron chi connectivity index (χ3n) is 3.73. The Labute approximate surface area is 157 Å². The monoisotopic (exact) mass is 385 g/mol. The molecule has 0 aliphatic rings. The van der Waals surface area contributed by atoms with Crippen LogP contribution in [0.2, 0.25) is 0 Å². The number of aliphatic imine (C=N–C) groups is 1. The van der Waals surface area contributed by atoms with E-state index in [4.69, 9.17) is 0 Å². The second kappa shape index (κ2) is 9.90. The molecule has 148 valence electrons. The molecule has 0 saturated carbocycles. The van der Waals surface area contributed by atoms with Crippen LogP contribution in [0.5, 0.6) is 0 Å². The molecule has 0 fully saturated rings. The molecule has 0 spiro atoms. The Morgan fingerprint density at radius 2 is 1.88 bits per heavy atom. The minimum absolute atomic E-state index is 0.117. The Hall–Kier alpha value is -1.63. The van der Waals surface area contributed by atoms with Crippen molar-refractivity contribution in [3.63, 3.8) is 0 Å². The molecular weight excluding hydrogens is 353 g/mol. The van der Waals surface area contributed by atoms with Gasteiger partial charge in [-0.3, -0.25) is 0 Å². The van der Waals surface area contributed by atoms with Crippen molar-refractivity contribution in [1.29, 1.82) is 0 Å². The van der Waals surface area contributed by atoms with Crippen molar-refractivity contribution >= 4 is 15.8 Å². The van der Waals surface area contributed by atoms with Gasteiger partial charge in [0, 0.05) is 19.3 Å². The maximum Gasteiger partial charge on any atom is 0.191 e. The van der Waals surface area contributed by atoms with Gasteiger partial charge in [-0.15, -0.1) is 0 Å². The number of hydrogen-bond acceptors (Lipinski definition) is 3. The van der Waals surface area contributed by atoms with Crippen LogP contribution in [-0.4, -0.2) is 33.7 Å². The summed E-state index contributed by atoms with van der Waals surface area (Å²) < 4.78 is 36.7. The molecule has 0 heterocycles. The first kappa shape index (κ1) is 22.4. The van der Waals surface area contributed by atoms with Gasteiger partial charge in [0.2, 0.25) is 0 Å². The average molecular weight is 386 g/mol. The lowest BCUT2D eigenvalue weighted by Crippen LogP contribution is -2.38. The molecule has 0 unspecified atom stereocenters. The first-order valence-corrected chi connectivity index (χ1v) is 11.0. The third-order valence-corrected chi connectivity index (χ3v) is 4.57. The van der Waals surface area contributed by atoms with Crippen LogP contribution in [0.25, 0.3) is 0 Å². The maximum atomic E-state index is 13.6. The van der Waals surface area contributed by atoms with Gasteiger partial charge in [0.25, 0.3) is 0 Å². The SMILES string of the molecule is CCNC(=NCc1cc(F)ccc1CS(C)(=O)=O)NCCCC(C)(C)C. The van der Waals surface area contributed by atoms with Crippen LogP contribution in [0.4, 0.5) is 4.39 Å². The van der Waals surface area contributed by atoms with Crippen LogP contribution >= 0.6 is 0 Å². The highest BCUT2D eigenvalue weighted by Crippen LogP contribution is 2.19. The first-order chi connectivity index (χ1) is 12.0. The molecule has 1 aromatic carbocycles. The summed E-state index contributed by atoms with van der Waals surface area (Å²) in [4.78, 5) is 4.48. The van der Waals surface area contributed by atoms with E-state index in [2.05, 4.69) is 36.4 Å². The predicted octanol–water partition coefficient (Wildman–Crippen LogP) is 3.25. The zero-order valence-corrected chi connectivity index (χ0v) is 17.3. The Balaban J connectivity index is 2.81. The van der Waals surface area contributed by atoms with E-state index in [1.807, 2.05) is 6.92 Å². The molecule has 7 heteroatoms. The zero-order chi connectivity index (χ0) is 19.8. The topological polar surface area (TPSA) is 70.6 Å². The Morgan fingerprint density at radius 3 is 2.46 bits per heavy atom. The molecule has 5 nitrogen and oxygen atoms in total. The van der Waals surface area contributed by atoms with Crippen LogP contribution in [0.1, 0.15) is 51.7 Å². The van der Waals surface area contributed by atoms with Gasteiger partial charge in [-0.05, 0) is 48.4 Å². The Kier molecular flexibility index (Phi) is 8.53. The van der Waals surface area contributed by atoms with Crippen molar-refractivity contribution in [3.05, 3.63) is 35.1 Å². The largest absolute Gasteiger partial charge is 0.357 e. The highest BCUT2D eigenvalue weighted by molar-refractivity contribution is 7.89.